The van der Waals surface area contributed by atoms with Crippen molar-refractivity contribution in [3.8, 4) is 0 Å². The van der Waals surface area contributed by atoms with Crippen molar-refractivity contribution < 1.29 is 14.7 Å². The summed E-state index contributed by atoms with van der Waals surface area (Å²) in [7, 11) is 0. The van der Waals surface area contributed by atoms with Crippen LogP contribution in [0.4, 0.5) is 5.69 Å². The third-order valence-corrected chi connectivity index (χ3v) is 3.65. The Morgan fingerprint density at radius 3 is 2.81 bits per heavy atom. The van der Waals surface area contributed by atoms with Crippen molar-refractivity contribution in [2.24, 2.45) is 5.92 Å². The van der Waals surface area contributed by atoms with E-state index in [2.05, 4.69) is 10.6 Å². The van der Waals surface area contributed by atoms with E-state index >= 15 is 0 Å². The van der Waals surface area contributed by atoms with Crippen LogP contribution in [-0.4, -0.2) is 29.6 Å². The monoisotopic (exact) mass is 290 g/mol. The molecule has 1 aromatic carbocycles. The van der Waals surface area contributed by atoms with Crippen LogP contribution in [0.25, 0.3) is 0 Å². The van der Waals surface area contributed by atoms with E-state index < -0.39 is 12.0 Å². The highest BCUT2D eigenvalue weighted by Gasteiger charge is 2.24. The van der Waals surface area contributed by atoms with Crippen LogP contribution in [0, 0.1) is 5.92 Å². The molecule has 114 valence electrons. The minimum Gasteiger partial charge on any atom is -0.480 e. The van der Waals surface area contributed by atoms with Gasteiger partial charge in [0.25, 0.3) is 5.91 Å². The molecule has 5 heteroatoms. The molecule has 0 aliphatic carbocycles. The minimum absolute atomic E-state index is 0.206. The van der Waals surface area contributed by atoms with Crippen LogP contribution < -0.4 is 10.6 Å². The molecule has 0 bridgehead atoms. The molecule has 0 fully saturated rings. The van der Waals surface area contributed by atoms with Crippen LogP contribution in [0.5, 0.6) is 0 Å². The van der Waals surface area contributed by atoms with Gasteiger partial charge in [-0.25, -0.2) is 4.79 Å². The molecule has 1 aliphatic heterocycles. The maximum absolute atomic E-state index is 12.4. The van der Waals surface area contributed by atoms with E-state index in [4.69, 9.17) is 0 Å². The van der Waals surface area contributed by atoms with E-state index in [9.17, 15) is 14.7 Å². The van der Waals surface area contributed by atoms with Gasteiger partial charge >= 0.3 is 5.97 Å². The number of carboxylic acids is 1. The first-order valence-corrected chi connectivity index (χ1v) is 7.38. The largest absolute Gasteiger partial charge is 0.480 e. The first-order valence-electron chi connectivity index (χ1n) is 7.38. The van der Waals surface area contributed by atoms with Crippen molar-refractivity contribution in [3.63, 3.8) is 0 Å². The molecular weight excluding hydrogens is 268 g/mol. The second-order valence-corrected chi connectivity index (χ2v) is 5.86. The van der Waals surface area contributed by atoms with Gasteiger partial charge in [0.1, 0.15) is 6.04 Å². The maximum atomic E-state index is 12.4. The van der Waals surface area contributed by atoms with Crippen molar-refractivity contribution in [2.45, 2.75) is 39.2 Å². The highest BCUT2D eigenvalue weighted by Crippen LogP contribution is 2.25. The van der Waals surface area contributed by atoms with E-state index in [1.165, 1.54) is 0 Å². The zero-order valence-corrected chi connectivity index (χ0v) is 12.5. The van der Waals surface area contributed by atoms with Crippen LogP contribution in [0.1, 0.15) is 42.6 Å². The molecule has 1 aliphatic rings. The van der Waals surface area contributed by atoms with E-state index in [0.717, 1.165) is 30.6 Å². The number of benzene rings is 1. The number of amides is 1. The Morgan fingerprint density at radius 2 is 2.14 bits per heavy atom. The molecule has 0 spiro atoms. The zero-order valence-electron chi connectivity index (χ0n) is 12.5. The molecule has 0 saturated carbocycles. The van der Waals surface area contributed by atoms with Gasteiger partial charge in [0.2, 0.25) is 0 Å². The zero-order chi connectivity index (χ0) is 15.4. The van der Waals surface area contributed by atoms with Gasteiger partial charge in [-0.15, -0.1) is 0 Å². The van der Waals surface area contributed by atoms with Crippen molar-refractivity contribution in [3.05, 3.63) is 29.3 Å². The van der Waals surface area contributed by atoms with Crippen molar-refractivity contribution in [1.29, 1.82) is 0 Å². The molecule has 0 aromatic heterocycles. The van der Waals surface area contributed by atoms with E-state index in [1.807, 2.05) is 26.0 Å². The standard InChI is InChI=1S/C16H22N2O3/c1-10(2)9-14(16(20)21)18-15(19)12-5-3-7-13-11(12)6-4-8-17-13/h3,5,7,10,14,17H,4,6,8-9H2,1-2H3,(H,18,19)(H,20,21)/t14-/m1/s1. The number of aliphatic carboxylic acids is 1. The fourth-order valence-corrected chi connectivity index (χ4v) is 2.65. The molecular formula is C16H22N2O3. The summed E-state index contributed by atoms with van der Waals surface area (Å²) in [5, 5.41) is 15.1. The summed E-state index contributed by atoms with van der Waals surface area (Å²) in [5.74, 6) is -1.08. The minimum atomic E-state index is -0.986. The molecule has 21 heavy (non-hydrogen) atoms. The Balaban J connectivity index is 2.18. The lowest BCUT2D eigenvalue weighted by Crippen LogP contribution is -2.42. The number of hydrogen-bond acceptors (Lipinski definition) is 3. The van der Waals surface area contributed by atoms with Crippen LogP contribution in [-0.2, 0) is 11.2 Å². The van der Waals surface area contributed by atoms with Crippen molar-refractivity contribution in [1.82, 2.24) is 5.32 Å². The SMILES string of the molecule is CC(C)C[C@@H](NC(=O)c1cccc2c1CCCN2)C(=O)O. The lowest BCUT2D eigenvalue weighted by atomic mass is 9.96. The Kier molecular flexibility index (Phi) is 4.83. The molecule has 1 amide bonds. The van der Waals surface area contributed by atoms with Crippen LogP contribution >= 0.6 is 0 Å². The number of hydrogen-bond donors (Lipinski definition) is 3. The molecule has 5 nitrogen and oxygen atoms in total. The highest BCUT2D eigenvalue weighted by atomic mass is 16.4. The second-order valence-electron chi connectivity index (χ2n) is 5.86. The van der Waals surface area contributed by atoms with Crippen LogP contribution in [0.2, 0.25) is 0 Å². The average molecular weight is 290 g/mol. The average Bonchev–Trinajstić information content (AvgIpc) is 2.45. The molecule has 0 saturated heterocycles. The third kappa shape index (κ3) is 3.74. The van der Waals surface area contributed by atoms with Crippen molar-refractivity contribution >= 4 is 17.6 Å². The summed E-state index contributed by atoms with van der Waals surface area (Å²) in [4.78, 5) is 23.7. The summed E-state index contributed by atoms with van der Waals surface area (Å²) in [5.41, 5.74) is 2.54. The molecule has 2 rings (SSSR count). The normalized spacial score (nSPS) is 15.0. The molecule has 1 heterocycles. The number of anilines is 1. The highest BCUT2D eigenvalue weighted by molar-refractivity contribution is 5.99. The number of nitrogens with one attached hydrogen (secondary N) is 2. The van der Waals surface area contributed by atoms with Gasteiger partial charge in [0.15, 0.2) is 0 Å². The second kappa shape index (κ2) is 6.61. The molecule has 0 radical (unpaired) electrons. The van der Waals surface area contributed by atoms with Crippen LogP contribution in [0.3, 0.4) is 0 Å². The predicted molar refractivity (Wildman–Crippen MR) is 81.6 cm³/mol. The number of carbonyl (C=O) groups is 2. The fraction of sp³-hybridized carbons (Fsp3) is 0.500. The number of carbonyl (C=O) groups excluding carboxylic acids is 1. The summed E-state index contributed by atoms with van der Waals surface area (Å²) in [6.45, 7) is 4.79. The Bertz CT molecular complexity index is 540. The number of fused-ring (bicyclic) bond motifs is 1. The molecule has 3 N–H and O–H groups in total. The van der Waals surface area contributed by atoms with Gasteiger partial charge in [-0.05, 0) is 42.9 Å². The van der Waals surface area contributed by atoms with Gasteiger partial charge in [-0.2, -0.15) is 0 Å². The van der Waals surface area contributed by atoms with E-state index in [0.29, 0.717) is 12.0 Å². The van der Waals surface area contributed by atoms with E-state index in [1.54, 1.807) is 6.07 Å². The Hall–Kier alpha value is -2.04. The number of rotatable bonds is 5. The lowest BCUT2D eigenvalue weighted by molar-refractivity contribution is -0.139. The van der Waals surface area contributed by atoms with Gasteiger partial charge < -0.3 is 15.7 Å². The Labute approximate surface area is 124 Å². The fourth-order valence-electron chi connectivity index (χ4n) is 2.65. The molecule has 1 atom stereocenters. The molecule has 1 aromatic rings. The quantitative estimate of drug-likeness (QED) is 0.777. The smallest absolute Gasteiger partial charge is 0.326 e. The molecule has 0 unspecified atom stereocenters. The predicted octanol–water partition coefficient (Wildman–Crippen LogP) is 2.27. The summed E-state index contributed by atoms with van der Waals surface area (Å²) in [6.07, 6.45) is 2.24. The Morgan fingerprint density at radius 1 is 1.38 bits per heavy atom. The van der Waals surface area contributed by atoms with Gasteiger partial charge in [-0.1, -0.05) is 19.9 Å². The van der Waals surface area contributed by atoms with Gasteiger partial charge in [0.05, 0.1) is 0 Å². The van der Waals surface area contributed by atoms with E-state index in [-0.39, 0.29) is 11.8 Å². The maximum Gasteiger partial charge on any atom is 0.326 e. The topological polar surface area (TPSA) is 78.4 Å². The lowest BCUT2D eigenvalue weighted by Gasteiger charge is -2.22. The van der Waals surface area contributed by atoms with Crippen molar-refractivity contribution in [2.75, 3.05) is 11.9 Å². The number of carboxylic acid groups (broad SMARTS) is 1. The van der Waals surface area contributed by atoms with Gasteiger partial charge in [0, 0.05) is 17.8 Å². The third-order valence-electron chi connectivity index (χ3n) is 3.65. The summed E-state index contributed by atoms with van der Waals surface area (Å²) >= 11 is 0. The summed E-state index contributed by atoms with van der Waals surface area (Å²) < 4.78 is 0. The van der Waals surface area contributed by atoms with Crippen LogP contribution in [0.15, 0.2) is 18.2 Å². The summed E-state index contributed by atoms with van der Waals surface area (Å²) in [6, 6.07) is 4.69. The van der Waals surface area contributed by atoms with Gasteiger partial charge in [-0.3, -0.25) is 4.79 Å². The first kappa shape index (κ1) is 15.4. The first-order chi connectivity index (χ1) is 9.99.